The van der Waals surface area contributed by atoms with E-state index in [1.54, 1.807) is 6.07 Å². The molecule has 0 aliphatic rings. The van der Waals surface area contributed by atoms with E-state index in [1.807, 2.05) is 24.6 Å². The van der Waals surface area contributed by atoms with Gasteiger partial charge in [-0.15, -0.1) is 0 Å². The molecular formula is C15H18BrFN2O. The number of aromatic nitrogens is 2. The lowest BCUT2D eigenvalue weighted by Gasteiger charge is -2.13. The maximum absolute atomic E-state index is 13.3. The lowest BCUT2D eigenvalue weighted by atomic mass is 10.0. The Morgan fingerprint density at radius 3 is 2.75 bits per heavy atom. The third-order valence-electron chi connectivity index (χ3n) is 3.30. The van der Waals surface area contributed by atoms with Gasteiger partial charge in [-0.3, -0.25) is 4.68 Å². The summed E-state index contributed by atoms with van der Waals surface area (Å²) < 4.78 is 15.9. The second-order valence-electron chi connectivity index (χ2n) is 4.68. The van der Waals surface area contributed by atoms with Gasteiger partial charge in [0.25, 0.3) is 0 Å². The minimum atomic E-state index is -0.758. The SMILES string of the molecule is CCc1cc(CC(O)c2cc(F)ccc2Br)n(CC)n1. The smallest absolute Gasteiger partial charge is 0.123 e. The van der Waals surface area contributed by atoms with Crippen molar-refractivity contribution < 1.29 is 9.50 Å². The lowest BCUT2D eigenvalue weighted by molar-refractivity contribution is 0.174. The number of aryl methyl sites for hydroxylation is 2. The van der Waals surface area contributed by atoms with Gasteiger partial charge in [-0.05, 0) is 43.2 Å². The number of benzene rings is 1. The number of hydrogen-bond acceptors (Lipinski definition) is 2. The van der Waals surface area contributed by atoms with E-state index in [1.165, 1.54) is 12.1 Å². The number of halogens is 2. The zero-order valence-corrected chi connectivity index (χ0v) is 13.2. The van der Waals surface area contributed by atoms with Crippen LogP contribution in [0.15, 0.2) is 28.7 Å². The summed E-state index contributed by atoms with van der Waals surface area (Å²) in [6, 6.07) is 6.34. The minimum Gasteiger partial charge on any atom is -0.388 e. The first-order chi connectivity index (χ1) is 9.55. The number of aliphatic hydroxyl groups excluding tert-OH is 1. The van der Waals surface area contributed by atoms with Crippen LogP contribution in [-0.2, 0) is 19.4 Å². The third-order valence-corrected chi connectivity index (χ3v) is 4.02. The molecule has 0 saturated carbocycles. The summed E-state index contributed by atoms with van der Waals surface area (Å²) in [7, 11) is 0. The summed E-state index contributed by atoms with van der Waals surface area (Å²) >= 11 is 3.35. The number of aliphatic hydroxyl groups is 1. The molecule has 0 amide bonds. The van der Waals surface area contributed by atoms with Gasteiger partial charge in [0, 0.05) is 23.1 Å². The van der Waals surface area contributed by atoms with Crippen molar-refractivity contribution in [1.29, 1.82) is 0 Å². The van der Waals surface area contributed by atoms with E-state index in [0.717, 1.165) is 24.4 Å². The van der Waals surface area contributed by atoms with E-state index in [9.17, 15) is 9.50 Å². The Balaban J connectivity index is 2.24. The Labute approximate surface area is 126 Å². The Kier molecular flexibility index (Phi) is 4.94. The number of hydrogen-bond donors (Lipinski definition) is 1. The molecule has 1 unspecified atom stereocenters. The van der Waals surface area contributed by atoms with Crippen molar-refractivity contribution in [3.63, 3.8) is 0 Å². The van der Waals surface area contributed by atoms with E-state index < -0.39 is 6.10 Å². The molecule has 1 aromatic heterocycles. The van der Waals surface area contributed by atoms with Crippen LogP contribution in [0.4, 0.5) is 4.39 Å². The Hall–Kier alpha value is -1.20. The van der Waals surface area contributed by atoms with E-state index in [-0.39, 0.29) is 5.82 Å². The maximum atomic E-state index is 13.3. The molecule has 0 spiro atoms. The van der Waals surface area contributed by atoms with Gasteiger partial charge < -0.3 is 5.11 Å². The molecule has 3 nitrogen and oxygen atoms in total. The first-order valence-corrected chi connectivity index (χ1v) is 7.53. The molecule has 0 radical (unpaired) electrons. The lowest BCUT2D eigenvalue weighted by Crippen LogP contribution is -2.09. The molecule has 108 valence electrons. The Morgan fingerprint density at radius 2 is 2.10 bits per heavy atom. The van der Waals surface area contributed by atoms with Crippen molar-refractivity contribution in [3.8, 4) is 0 Å². The predicted octanol–water partition coefficient (Wildman–Crippen LogP) is 3.64. The molecule has 2 rings (SSSR count). The van der Waals surface area contributed by atoms with Crippen LogP contribution in [-0.4, -0.2) is 14.9 Å². The summed E-state index contributed by atoms with van der Waals surface area (Å²) in [6.45, 7) is 4.82. The molecule has 2 aromatic rings. The van der Waals surface area contributed by atoms with Crippen LogP contribution in [0, 0.1) is 5.82 Å². The van der Waals surface area contributed by atoms with Gasteiger partial charge >= 0.3 is 0 Å². The summed E-state index contributed by atoms with van der Waals surface area (Å²) in [5.74, 6) is -0.347. The Bertz CT molecular complexity index is 598. The largest absolute Gasteiger partial charge is 0.388 e. The monoisotopic (exact) mass is 340 g/mol. The van der Waals surface area contributed by atoms with Crippen molar-refractivity contribution in [2.24, 2.45) is 0 Å². The molecule has 0 saturated heterocycles. The second-order valence-corrected chi connectivity index (χ2v) is 5.54. The highest BCUT2D eigenvalue weighted by atomic mass is 79.9. The third kappa shape index (κ3) is 3.27. The van der Waals surface area contributed by atoms with Crippen LogP contribution in [0.3, 0.4) is 0 Å². The molecule has 1 N–H and O–H groups in total. The first kappa shape index (κ1) is 15.2. The summed E-state index contributed by atoms with van der Waals surface area (Å²) in [5.41, 5.74) is 2.53. The molecule has 0 aliphatic heterocycles. The molecule has 5 heteroatoms. The zero-order chi connectivity index (χ0) is 14.7. The quantitative estimate of drug-likeness (QED) is 0.902. The first-order valence-electron chi connectivity index (χ1n) is 6.73. The van der Waals surface area contributed by atoms with E-state index in [0.29, 0.717) is 16.5 Å². The standard InChI is InChI=1S/C15H18BrFN2O/c1-3-11-8-12(19(4-2)18-11)9-15(20)13-7-10(17)5-6-14(13)16/h5-8,15,20H,3-4,9H2,1-2H3. The van der Waals surface area contributed by atoms with Crippen molar-refractivity contribution in [2.75, 3.05) is 0 Å². The molecule has 0 fully saturated rings. The highest BCUT2D eigenvalue weighted by Crippen LogP contribution is 2.27. The topological polar surface area (TPSA) is 38.0 Å². The van der Waals surface area contributed by atoms with Crippen LogP contribution in [0.1, 0.15) is 36.9 Å². The summed E-state index contributed by atoms with van der Waals surface area (Å²) in [4.78, 5) is 0. The van der Waals surface area contributed by atoms with Crippen molar-refractivity contribution in [2.45, 2.75) is 39.3 Å². The Morgan fingerprint density at radius 1 is 1.35 bits per heavy atom. The van der Waals surface area contributed by atoms with E-state index in [2.05, 4.69) is 21.0 Å². The van der Waals surface area contributed by atoms with Gasteiger partial charge in [-0.2, -0.15) is 5.10 Å². The average molecular weight is 341 g/mol. The van der Waals surface area contributed by atoms with Gasteiger partial charge in [0.2, 0.25) is 0 Å². The fraction of sp³-hybridized carbons (Fsp3) is 0.400. The van der Waals surface area contributed by atoms with Crippen molar-refractivity contribution in [1.82, 2.24) is 9.78 Å². The molecule has 1 atom stereocenters. The molecule has 0 bridgehead atoms. The fourth-order valence-electron chi connectivity index (χ4n) is 2.20. The molecule has 1 aromatic carbocycles. The van der Waals surface area contributed by atoms with Crippen LogP contribution in [0.25, 0.3) is 0 Å². The molecule has 20 heavy (non-hydrogen) atoms. The maximum Gasteiger partial charge on any atom is 0.123 e. The van der Waals surface area contributed by atoms with Gasteiger partial charge in [0.05, 0.1) is 11.8 Å². The average Bonchev–Trinajstić information content (AvgIpc) is 2.83. The van der Waals surface area contributed by atoms with Crippen LogP contribution in [0.5, 0.6) is 0 Å². The normalized spacial score (nSPS) is 12.7. The summed E-state index contributed by atoms with van der Waals surface area (Å²) in [6.07, 6.45) is 0.523. The minimum absolute atomic E-state index is 0.347. The van der Waals surface area contributed by atoms with Crippen LogP contribution >= 0.6 is 15.9 Å². The molecule has 0 aliphatic carbocycles. The van der Waals surface area contributed by atoms with Crippen molar-refractivity contribution >= 4 is 15.9 Å². The number of rotatable bonds is 5. The van der Waals surface area contributed by atoms with Gasteiger partial charge in [-0.1, -0.05) is 22.9 Å². The predicted molar refractivity (Wildman–Crippen MR) is 80.0 cm³/mol. The van der Waals surface area contributed by atoms with Gasteiger partial charge in [-0.25, -0.2) is 4.39 Å². The van der Waals surface area contributed by atoms with E-state index in [4.69, 9.17) is 0 Å². The zero-order valence-electron chi connectivity index (χ0n) is 11.6. The second kappa shape index (κ2) is 6.50. The van der Waals surface area contributed by atoms with Gasteiger partial charge in [0.15, 0.2) is 0 Å². The van der Waals surface area contributed by atoms with E-state index >= 15 is 0 Å². The fourth-order valence-corrected chi connectivity index (χ4v) is 2.71. The highest BCUT2D eigenvalue weighted by Gasteiger charge is 2.16. The van der Waals surface area contributed by atoms with Gasteiger partial charge in [0.1, 0.15) is 5.82 Å². The number of nitrogens with zero attached hydrogens (tertiary/aromatic N) is 2. The summed E-state index contributed by atoms with van der Waals surface area (Å²) in [5, 5.41) is 14.8. The molecular weight excluding hydrogens is 323 g/mol. The van der Waals surface area contributed by atoms with Crippen molar-refractivity contribution in [3.05, 3.63) is 51.5 Å². The highest BCUT2D eigenvalue weighted by molar-refractivity contribution is 9.10. The molecule has 1 heterocycles. The van der Waals surface area contributed by atoms with Crippen LogP contribution in [0.2, 0.25) is 0 Å². The van der Waals surface area contributed by atoms with Crippen LogP contribution < -0.4 is 0 Å².